The van der Waals surface area contributed by atoms with Crippen molar-refractivity contribution < 1.29 is 14.7 Å². The first-order chi connectivity index (χ1) is 8.13. The number of carboxylic acids is 1. The fourth-order valence-electron chi connectivity index (χ4n) is 1.68. The maximum absolute atomic E-state index is 11.2. The molecule has 5 heteroatoms. The third-order valence-electron chi connectivity index (χ3n) is 2.47. The van der Waals surface area contributed by atoms with Gasteiger partial charge in [-0.1, -0.05) is 12.1 Å². The quantitative estimate of drug-likeness (QED) is 0.814. The normalized spacial score (nSPS) is 10.2. The first-order valence-corrected chi connectivity index (χ1v) is 4.96. The first-order valence-electron chi connectivity index (χ1n) is 4.96. The molecule has 0 atom stereocenters. The number of aldehydes is 1. The molecule has 1 N–H and O–H groups in total. The number of carbonyl (C=O) groups excluding carboxylic acids is 1. The molecule has 0 spiro atoms. The smallest absolute Gasteiger partial charge is 0.338 e. The van der Waals surface area contributed by atoms with Gasteiger partial charge in [0.2, 0.25) is 0 Å². The molecule has 0 aliphatic carbocycles. The predicted octanol–water partition coefficient (Wildman–Crippen LogP) is 1.69. The van der Waals surface area contributed by atoms with Crippen LogP contribution in [0.25, 0.3) is 5.69 Å². The van der Waals surface area contributed by atoms with E-state index in [1.165, 1.54) is 17.1 Å². The van der Waals surface area contributed by atoms with Crippen molar-refractivity contribution in [2.24, 2.45) is 0 Å². The van der Waals surface area contributed by atoms with Crippen molar-refractivity contribution in [1.82, 2.24) is 9.55 Å². The minimum Gasteiger partial charge on any atom is -0.478 e. The summed E-state index contributed by atoms with van der Waals surface area (Å²) in [4.78, 5) is 25.6. The van der Waals surface area contributed by atoms with Gasteiger partial charge in [0.25, 0.3) is 0 Å². The fraction of sp³-hybridized carbons (Fsp3) is 0.0833. The summed E-state index contributed by atoms with van der Waals surface area (Å²) in [5, 5.41) is 9.17. The number of carboxylic acid groups (broad SMARTS) is 1. The van der Waals surface area contributed by atoms with Crippen molar-refractivity contribution in [2.45, 2.75) is 6.92 Å². The first kappa shape index (κ1) is 11.1. The summed E-state index contributed by atoms with van der Waals surface area (Å²) in [6, 6.07) is 5.16. The number of aromatic nitrogens is 2. The van der Waals surface area contributed by atoms with Crippen LogP contribution >= 0.6 is 0 Å². The number of rotatable bonds is 3. The van der Waals surface area contributed by atoms with E-state index in [-0.39, 0.29) is 11.3 Å². The minimum atomic E-state index is -1.00. The van der Waals surface area contributed by atoms with Crippen molar-refractivity contribution >= 4 is 12.3 Å². The van der Waals surface area contributed by atoms with Crippen LogP contribution in [0.3, 0.4) is 0 Å². The Balaban J connectivity index is 2.62. The topological polar surface area (TPSA) is 72.2 Å². The van der Waals surface area contributed by atoms with Crippen LogP contribution in [0.4, 0.5) is 0 Å². The molecule has 0 saturated heterocycles. The Labute approximate surface area is 97.3 Å². The van der Waals surface area contributed by atoms with Crippen molar-refractivity contribution in [3.05, 3.63) is 47.5 Å². The molecule has 2 rings (SSSR count). The number of carbonyl (C=O) groups is 2. The monoisotopic (exact) mass is 230 g/mol. The molecular formula is C12H10N2O3. The fourth-order valence-corrected chi connectivity index (χ4v) is 1.68. The standard InChI is InChI=1S/C12H10N2O3/c1-8-3-2-4-10(11(8)12(16)17)14-5-9(6-15)13-7-14/h2-7H,1H3,(H,16,17). The molecule has 1 heterocycles. The second-order valence-electron chi connectivity index (χ2n) is 3.60. The van der Waals surface area contributed by atoms with Gasteiger partial charge in [-0.25, -0.2) is 9.78 Å². The summed E-state index contributed by atoms with van der Waals surface area (Å²) in [6.07, 6.45) is 3.53. The second-order valence-corrected chi connectivity index (χ2v) is 3.60. The third-order valence-corrected chi connectivity index (χ3v) is 2.47. The van der Waals surface area contributed by atoms with E-state index < -0.39 is 5.97 Å². The molecule has 1 aromatic carbocycles. The van der Waals surface area contributed by atoms with E-state index in [1.807, 2.05) is 0 Å². The molecule has 0 radical (unpaired) electrons. The molecule has 0 saturated carbocycles. The van der Waals surface area contributed by atoms with E-state index in [1.54, 1.807) is 25.1 Å². The van der Waals surface area contributed by atoms with E-state index in [9.17, 15) is 9.59 Å². The highest BCUT2D eigenvalue weighted by Crippen LogP contribution is 2.18. The largest absolute Gasteiger partial charge is 0.478 e. The highest BCUT2D eigenvalue weighted by molar-refractivity contribution is 5.93. The van der Waals surface area contributed by atoms with Gasteiger partial charge in [-0.15, -0.1) is 0 Å². The minimum absolute atomic E-state index is 0.211. The summed E-state index contributed by atoms with van der Waals surface area (Å²) in [5.41, 5.74) is 1.64. The SMILES string of the molecule is Cc1cccc(-n2cnc(C=O)c2)c1C(=O)O. The molecular weight excluding hydrogens is 220 g/mol. The van der Waals surface area contributed by atoms with Gasteiger partial charge >= 0.3 is 5.97 Å². The highest BCUT2D eigenvalue weighted by Gasteiger charge is 2.14. The maximum atomic E-state index is 11.2. The average molecular weight is 230 g/mol. The molecule has 5 nitrogen and oxygen atoms in total. The number of hydrogen-bond acceptors (Lipinski definition) is 3. The lowest BCUT2D eigenvalue weighted by Gasteiger charge is -2.08. The lowest BCUT2D eigenvalue weighted by molar-refractivity contribution is 0.0696. The lowest BCUT2D eigenvalue weighted by atomic mass is 10.1. The Bertz CT molecular complexity index is 587. The zero-order valence-corrected chi connectivity index (χ0v) is 9.12. The summed E-state index contributed by atoms with van der Waals surface area (Å²) in [6.45, 7) is 1.73. The Kier molecular flexibility index (Phi) is 2.74. The molecule has 0 aliphatic rings. The van der Waals surface area contributed by atoms with Crippen LogP contribution in [0.2, 0.25) is 0 Å². The molecule has 1 aromatic heterocycles. The van der Waals surface area contributed by atoms with Crippen LogP contribution in [0, 0.1) is 6.92 Å². The van der Waals surface area contributed by atoms with Gasteiger partial charge in [0.15, 0.2) is 6.29 Å². The van der Waals surface area contributed by atoms with E-state index in [0.717, 1.165) is 0 Å². The number of hydrogen-bond donors (Lipinski definition) is 1. The van der Waals surface area contributed by atoms with E-state index in [2.05, 4.69) is 4.98 Å². The highest BCUT2D eigenvalue weighted by atomic mass is 16.4. The van der Waals surface area contributed by atoms with Gasteiger partial charge in [-0.05, 0) is 18.6 Å². The molecule has 0 fully saturated rings. The van der Waals surface area contributed by atoms with Gasteiger partial charge in [0, 0.05) is 6.20 Å². The predicted molar refractivity (Wildman–Crippen MR) is 60.6 cm³/mol. The summed E-state index contributed by atoms with van der Waals surface area (Å²) < 4.78 is 1.53. The second kappa shape index (κ2) is 4.21. The van der Waals surface area contributed by atoms with Gasteiger partial charge in [0.05, 0.1) is 11.3 Å². The van der Waals surface area contributed by atoms with E-state index in [4.69, 9.17) is 5.11 Å². The van der Waals surface area contributed by atoms with Crippen molar-refractivity contribution in [3.8, 4) is 5.69 Å². The van der Waals surface area contributed by atoms with Crippen molar-refractivity contribution in [2.75, 3.05) is 0 Å². The zero-order valence-electron chi connectivity index (χ0n) is 9.12. The van der Waals surface area contributed by atoms with Gasteiger partial charge in [0.1, 0.15) is 12.0 Å². The van der Waals surface area contributed by atoms with Crippen LogP contribution in [-0.2, 0) is 0 Å². The average Bonchev–Trinajstić information content (AvgIpc) is 2.76. The molecule has 17 heavy (non-hydrogen) atoms. The van der Waals surface area contributed by atoms with Crippen LogP contribution in [0.15, 0.2) is 30.7 Å². The molecule has 0 unspecified atom stereocenters. The van der Waals surface area contributed by atoms with Crippen molar-refractivity contribution in [3.63, 3.8) is 0 Å². The zero-order chi connectivity index (χ0) is 12.4. The van der Waals surface area contributed by atoms with E-state index >= 15 is 0 Å². The molecule has 86 valence electrons. The number of nitrogens with zero attached hydrogens (tertiary/aromatic N) is 2. The molecule has 2 aromatic rings. The van der Waals surface area contributed by atoms with Gasteiger partial charge < -0.3 is 9.67 Å². The molecule has 0 aliphatic heterocycles. The summed E-state index contributed by atoms with van der Waals surface area (Å²) >= 11 is 0. The Morgan fingerprint density at radius 1 is 1.47 bits per heavy atom. The Morgan fingerprint density at radius 2 is 2.24 bits per heavy atom. The van der Waals surface area contributed by atoms with Crippen LogP contribution in [-0.4, -0.2) is 26.9 Å². The van der Waals surface area contributed by atoms with Crippen LogP contribution in [0.1, 0.15) is 26.4 Å². The number of benzene rings is 1. The molecule has 0 bridgehead atoms. The van der Waals surface area contributed by atoms with Crippen LogP contribution in [0.5, 0.6) is 0 Å². The maximum Gasteiger partial charge on any atom is 0.338 e. The third kappa shape index (κ3) is 1.94. The molecule has 0 amide bonds. The van der Waals surface area contributed by atoms with Gasteiger partial charge in [-0.2, -0.15) is 0 Å². The number of aryl methyl sites for hydroxylation is 1. The number of imidazole rings is 1. The van der Waals surface area contributed by atoms with Gasteiger partial charge in [-0.3, -0.25) is 4.79 Å². The van der Waals surface area contributed by atoms with Crippen LogP contribution < -0.4 is 0 Å². The summed E-state index contributed by atoms with van der Waals surface area (Å²) in [5.74, 6) is -1.00. The Morgan fingerprint density at radius 3 is 2.82 bits per heavy atom. The van der Waals surface area contributed by atoms with E-state index in [0.29, 0.717) is 17.5 Å². The number of aromatic carboxylic acids is 1. The summed E-state index contributed by atoms with van der Waals surface area (Å²) in [7, 11) is 0. The van der Waals surface area contributed by atoms with Crippen molar-refractivity contribution in [1.29, 1.82) is 0 Å². The lowest BCUT2D eigenvalue weighted by Crippen LogP contribution is -2.06. The Hall–Kier alpha value is -2.43.